The number of nitrogens with one attached hydrogen (secondary N) is 1. The summed E-state index contributed by atoms with van der Waals surface area (Å²) in [5, 5.41) is 2.51. The van der Waals surface area contributed by atoms with E-state index in [1.165, 1.54) is 0 Å². The number of carbonyl (C=O) groups is 1. The summed E-state index contributed by atoms with van der Waals surface area (Å²) < 4.78 is 27.2. The first-order chi connectivity index (χ1) is 7.70. The van der Waals surface area contributed by atoms with Gasteiger partial charge in [0.25, 0.3) is 5.91 Å². The molecule has 1 aromatic carbocycles. The molecule has 0 saturated heterocycles. The maximum Gasteiger partial charge on any atom is 0.257 e. The second kappa shape index (κ2) is 5.12. The molecule has 2 nitrogen and oxygen atoms in total. The van der Waals surface area contributed by atoms with Crippen LogP contribution >= 0.6 is 15.9 Å². The molecule has 0 aliphatic carbocycles. The van der Waals surface area contributed by atoms with Gasteiger partial charge >= 0.3 is 0 Å². The van der Waals surface area contributed by atoms with Gasteiger partial charge in [-0.3, -0.25) is 4.79 Å². The van der Waals surface area contributed by atoms with Crippen LogP contribution in [0.1, 0.15) is 31.1 Å². The second-order valence-electron chi connectivity index (χ2n) is 4.99. The fourth-order valence-corrected chi connectivity index (χ4v) is 1.59. The van der Waals surface area contributed by atoms with E-state index in [1.807, 2.05) is 20.8 Å². The summed E-state index contributed by atoms with van der Waals surface area (Å²) in [7, 11) is 0. The van der Waals surface area contributed by atoms with Gasteiger partial charge in [0.15, 0.2) is 0 Å². The minimum atomic E-state index is -0.872. The topological polar surface area (TPSA) is 29.1 Å². The van der Waals surface area contributed by atoms with E-state index >= 15 is 0 Å². The minimum Gasteiger partial charge on any atom is -0.351 e. The summed E-state index contributed by atoms with van der Waals surface area (Å²) >= 11 is 2.96. The highest BCUT2D eigenvalue weighted by Gasteiger charge is 2.20. The molecule has 0 aliphatic heterocycles. The SMILES string of the molecule is CC(C)(C)CNC(=O)c1c(F)cc(Br)cc1F. The fraction of sp³-hybridized carbons (Fsp3) is 0.417. The van der Waals surface area contributed by atoms with Crippen LogP contribution < -0.4 is 5.32 Å². The molecule has 1 N–H and O–H groups in total. The lowest BCUT2D eigenvalue weighted by molar-refractivity contribution is 0.0930. The average molecular weight is 306 g/mol. The minimum absolute atomic E-state index is 0.141. The Kier molecular flexibility index (Phi) is 4.25. The first-order valence-electron chi connectivity index (χ1n) is 5.13. The first-order valence-corrected chi connectivity index (χ1v) is 5.93. The molecule has 0 fully saturated rings. The highest BCUT2D eigenvalue weighted by Crippen LogP contribution is 2.19. The molecule has 0 heterocycles. The molecule has 0 atom stereocenters. The van der Waals surface area contributed by atoms with Gasteiger partial charge in [0, 0.05) is 11.0 Å². The molecule has 0 unspecified atom stereocenters. The molecular formula is C12H14BrF2NO. The molecule has 0 aromatic heterocycles. The third-order valence-electron chi connectivity index (χ3n) is 2.01. The quantitative estimate of drug-likeness (QED) is 0.890. The zero-order valence-electron chi connectivity index (χ0n) is 9.90. The van der Waals surface area contributed by atoms with Gasteiger partial charge in [-0.15, -0.1) is 0 Å². The molecule has 0 spiro atoms. The molecule has 0 bridgehead atoms. The van der Waals surface area contributed by atoms with Crippen LogP contribution in [0, 0.1) is 17.0 Å². The smallest absolute Gasteiger partial charge is 0.257 e. The molecule has 0 aliphatic rings. The Morgan fingerprint density at radius 3 is 2.18 bits per heavy atom. The monoisotopic (exact) mass is 305 g/mol. The van der Waals surface area contributed by atoms with Crippen LogP contribution in [0.3, 0.4) is 0 Å². The zero-order chi connectivity index (χ0) is 13.2. The lowest BCUT2D eigenvalue weighted by atomic mass is 9.97. The first kappa shape index (κ1) is 14.1. The second-order valence-corrected chi connectivity index (χ2v) is 5.90. The number of amides is 1. The van der Waals surface area contributed by atoms with E-state index in [4.69, 9.17) is 0 Å². The van der Waals surface area contributed by atoms with Crippen molar-refractivity contribution in [1.82, 2.24) is 5.32 Å². The number of benzene rings is 1. The van der Waals surface area contributed by atoms with Gasteiger partial charge in [0.2, 0.25) is 0 Å². The Morgan fingerprint density at radius 2 is 1.76 bits per heavy atom. The van der Waals surface area contributed by atoms with E-state index < -0.39 is 23.1 Å². The summed E-state index contributed by atoms with van der Waals surface area (Å²) in [6.07, 6.45) is 0. The van der Waals surface area contributed by atoms with Gasteiger partial charge in [-0.2, -0.15) is 0 Å². The van der Waals surface area contributed by atoms with E-state index in [9.17, 15) is 13.6 Å². The van der Waals surface area contributed by atoms with E-state index in [-0.39, 0.29) is 9.89 Å². The summed E-state index contributed by atoms with van der Waals surface area (Å²) in [5.74, 6) is -2.48. The zero-order valence-corrected chi connectivity index (χ0v) is 11.5. The third-order valence-corrected chi connectivity index (χ3v) is 2.47. The van der Waals surface area contributed by atoms with Crippen LogP contribution in [-0.2, 0) is 0 Å². The van der Waals surface area contributed by atoms with Crippen molar-refractivity contribution < 1.29 is 13.6 Å². The number of halogens is 3. The summed E-state index contributed by atoms with van der Waals surface area (Å²) in [6, 6.07) is 2.13. The number of hydrogen-bond donors (Lipinski definition) is 1. The Balaban J connectivity index is 2.90. The van der Waals surface area contributed by atoms with Crippen molar-refractivity contribution in [2.24, 2.45) is 5.41 Å². The standard InChI is InChI=1S/C12H14BrF2NO/c1-12(2,3)6-16-11(17)10-8(14)4-7(13)5-9(10)15/h4-5H,6H2,1-3H3,(H,16,17). The predicted molar refractivity (Wildman–Crippen MR) is 65.8 cm³/mol. The molecule has 1 aromatic rings. The number of carbonyl (C=O) groups excluding carboxylic acids is 1. The Labute approximate surface area is 108 Å². The van der Waals surface area contributed by atoms with Crippen molar-refractivity contribution in [3.05, 3.63) is 33.8 Å². The summed E-state index contributed by atoms with van der Waals surface area (Å²) in [6.45, 7) is 6.10. The average Bonchev–Trinajstić information content (AvgIpc) is 2.11. The van der Waals surface area contributed by atoms with Crippen LogP contribution in [0.5, 0.6) is 0 Å². The molecule has 0 saturated carbocycles. The summed E-state index contributed by atoms with van der Waals surface area (Å²) in [5.41, 5.74) is -0.685. The highest BCUT2D eigenvalue weighted by atomic mass is 79.9. The van der Waals surface area contributed by atoms with Gasteiger partial charge in [-0.25, -0.2) is 8.78 Å². The molecule has 1 amide bonds. The van der Waals surface area contributed by atoms with Gasteiger partial charge in [-0.1, -0.05) is 36.7 Å². The molecule has 1 rings (SSSR count). The van der Waals surface area contributed by atoms with Gasteiger partial charge in [-0.05, 0) is 17.5 Å². The van der Waals surface area contributed by atoms with Crippen molar-refractivity contribution in [3.8, 4) is 0 Å². The molecule has 17 heavy (non-hydrogen) atoms. The summed E-state index contributed by atoms with van der Waals surface area (Å²) in [4.78, 5) is 11.6. The van der Waals surface area contributed by atoms with Crippen molar-refractivity contribution in [2.45, 2.75) is 20.8 Å². The van der Waals surface area contributed by atoms with E-state index in [0.717, 1.165) is 12.1 Å². The lowest BCUT2D eigenvalue weighted by Gasteiger charge is -2.19. The maximum absolute atomic E-state index is 13.5. The normalized spacial score (nSPS) is 11.4. The van der Waals surface area contributed by atoms with Crippen LogP contribution in [0.25, 0.3) is 0 Å². The Hall–Kier alpha value is -0.970. The Bertz CT molecular complexity index is 418. The lowest BCUT2D eigenvalue weighted by Crippen LogP contribution is -2.33. The van der Waals surface area contributed by atoms with Crippen molar-refractivity contribution >= 4 is 21.8 Å². The highest BCUT2D eigenvalue weighted by molar-refractivity contribution is 9.10. The Morgan fingerprint density at radius 1 is 1.29 bits per heavy atom. The van der Waals surface area contributed by atoms with Gasteiger partial charge < -0.3 is 5.32 Å². The van der Waals surface area contributed by atoms with E-state index in [1.54, 1.807) is 0 Å². The fourth-order valence-electron chi connectivity index (χ4n) is 1.19. The van der Waals surface area contributed by atoms with Crippen molar-refractivity contribution in [3.63, 3.8) is 0 Å². The van der Waals surface area contributed by atoms with E-state index in [0.29, 0.717) is 6.54 Å². The predicted octanol–water partition coefficient (Wildman–Crippen LogP) is 3.50. The van der Waals surface area contributed by atoms with Gasteiger partial charge in [0.05, 0.1) is 0 Å². The maximum atomic E-state index is 13.5. The van der Waals surface area contributed by atoms with Gasteiger partial charge in [0.1, 0.15) is 17.2 Å². The van der Waals surface area contributed by atoms with Crippen molar-refractivity contribution in [1.29, 1.82) is 0 Å². The van der Waals surface area contributed by atoms with E-state index in [2.05, 4.69) is 21.2 Å². The molecule has 5 heteroatoms. The molecule has 94 valence electrons. The largest absolute Gasteiger partial charge is 0.351 e. The molecular weight excluding hydrogens is 292 g/mol. The van der Waals surface area contributed by atoms with Crippen LogP contribution in [-0.4, -0.2) is 12.5 Å². The van der Waals surface area contributed by atoms with Crippen LogP contribution in [0.4, 0.5) is 8.78 Å². The third kappa shape index (κ3) is 4.07. The van der Waals surface area contributed by atoms with Crippen LogP contribution in [0.2, 0.25) is 0 Å². The number of rotatable bonds is 2. The van der Waals surface area contributed by atoms with Crippen molar-refractivity contribution in [2.75, 3.05) is 6.54 Å². The number of hydrogen-bond acceptors (Lipinski definition) is 1. The van der Waals surface area contributed by atoms with Crippen LogP contribution in [0.15, 0.2) is 16.6 Å². The molecule has 0 radical (unpaired) electrons.